The van der Waals surface area contributed by atoms with E-state index in [9.17, 15) is 22.8 Å². The van der Waals surface area contributed by atoms with Crippen LogP contribution in [0.2, 0.25) is 0 Å². The molecule has 1 atom stereocenters. The van der Waals surface area contributed by atoms with Crippen LogP contribution in [-0.2, 0) is 17.4 Å². The van der Waals surface area contributed by atoms with Crippen molar-refractivity contribution in [2.24, 2.45) is 0 Å². The van der Waals surface area contributed by atoms with Crippen molar-refractivity contribution in [2.45, 2.75) is 25.6 Å². The van der Waals surface area contributed by atoms with Crippen molar-refractivity contribution < 1.29 is 22.8 Å². The van der Waals surface area contributed by atoms with Crippen LogP contribution >= 0.6 is 0 Å². The molecule has 0 aliphatic rings. The van der Waals surface area contributed by atoms with Gasteiger partial charge in [0.05, 0.1) is 5.56 Å². The molecule has 3 aromatic rings. The first-order chi connectivity index (χ1) is 14.8. The van der Waals surface area contributed by atoms with Gasteiger partial charge in [-0.25, -0.2) is 0 Å². The summed E-state index contributed by atoms with van der Waals surface area (Å²) >= 11 is 0. The molecule has 0 aliphatic carbocycles. The largest absolute Gasteiger partial charge is 0.416 e. The summed E-state index contributed by atoms with van der Waals surface area (Å²) in [4.78, 5) is 25.6. The number of carbonyl (C=O) groups is 2. The second-order valence-corrected chi connectivity index (χ2v) is 7.05. The van der Waals surface area contributed by atoms with Gasteiger partial charge in [0.2, 0.25) is 5.91 Å². The van der Waals surface area contributed by atoms with Gasteiger partial charge in [0.15, 0.2) is 0 Å². The Morgan fingerprint density at radius 3 is 2.10 bits per heavy atom. The molecule has 0 fully saturated rings. The molecule has 0 saturated heterocycles. The molecule has 1 unspecified atom stereocenters. The van der Waals surface area contributed by atoms with Crippen LogP contribution in [0.4, 0.5) is 18.9 Å². The molecular formula is C24H21F3N2O2. The predicted molar refractivity (Wildman–Crippen MR) is 113 cm³/mol. The van der Waals surface area contributed by atoms with E-state index in [0.717, 1.165) is 11.6 Å². The van der Waals surface area contributed by atoms with Gasteiger partial charge in [-0.05, 0) is 42.3 Å². The fourth-order valence-corrected chi connectivity index (χ4v) is 3.19. The van der Waals surface area contributed by atoms with E-state index >= 15 is 0 Å². The number of hydrogen-bond donors (Lipinski definition) is 2. The van der Waals surface area contributed by atoms with Gasteiger partial charge in [0, 0.05) is 17.7 Å². The molecule has 7 heteroatoms. The lowest BCUT2D eigenvalue weighted by molar-refractivity contribution is -0.138. The zero-order valence-electron chi connectivity index (χ0n) is 16.7. The van der Waals surface area contributed by atoms with Crippen molar-refractivity contribution in [3.63, 3.8) is 0 Å². The van der Waals surface area contributed by atoms with Gasteiger partial charge in [-0.3, -0.25) is 9.59 Å². The number of benzene rings is 3. The molecule has 31 heavy (non-hydrogen) atoms. The summed E-state index contributed by atoms with van der Waals surface area (Å²) < 4.78 is 39.6. The second-order valence-electron chi connectivity index (χ2n) is 7.05. The summed E-state index contributed by atoms with van der Waals surface area (Å²) in [6.07, 6.45) is -4.35. The van der Waals surface area contributed by atoms with Gasteiger partial charge in [-0.15, -0.1) is 0 Å². The van der Waals surface area contributed by atoms with E-state index in [1.165, 1.54) is 19.1 Å². The molecule has 4 nitrogen and oxygen atoms in total. The smallest absolute Gasteiger partial charge is 0.340 e. The van der Waals surface area contributed by atoms with E-state index in [2.05, 4.69) is 10.6 Å². The van der Waals surface area contributed by atoms with Crippen LogP contribution < -0.4 is 10.6 Å². The summed E-state index contributed by atoms with van der Waals surface area (Å²) in [5, 5.41) is 5.24. The first-order valence-corrected chi connectivity index (χ1v) is 9.63. The highest BCUT2D eigenvalue weighted by Gasteiger charge is 2.33. The Bertz CT molecular complexity index is 1050. The lowest BCUT2D eigenvalue weighted by Crippen LogP contribution is -2.45. The maximum Gasteiger partial charge on any atom is 0.416 e. The van der Waals surface area contributed by atoms with Crippen molar-refractivity contribution >= 4 is 17.5 Å². The fraction of sp³-hybridized carbons (Fsp3) is 0.167. The maximum absolute atomic E-state index is 13.2. The fourth-order valence-electron chi connectivity index (χ4n) is 3.19. The molecule has 0 bridgehead atoms. The summed E-state index contributed by atoms with van der Waals surface area (Å²) in [7, 11) is 0. The minimum Gasteiger partial charge on any atom is -0.340 e. The topological polar surface area (TPSA) is 58.2 Å². The van der Waals surface area contributed by atoms with Gasteiger partial charge in [-0.2, -0.15) is 13.2 Å². The first-order valence-electron chi connectivity index (χ1n) is 9.63. The number of halogens is 3. The molecule has 3 aromatic carbocycles. The third-order valence-corrected chi connectivity index (χ3v) is 4.84. The van der Waals surface area contributed by atoms with Crippen LogP contribution in [0.15, 0.2) is 78.9 Å². The lowest BCUT2D eigenvalue weighted by Gasteiger charge is -2.20. The number of nitrogens with one attached hydrogen (secondary N) is 2. The van der Waals surface area contributed by atoms with Crippen molar-refractivity contribution in [1.82, 2.24) is 5.32 Å². The highest BCUT2D eigenvalue weighted by atomic mass is 19.4. The molecule has 0 heterocycles. The van der Waals surface area contributed by atoms with Crippen LogP contribution in [0.5, 0.6) is 0 Å². The summed E-state index contributed by atoms with van der Waals surface area (Å²) in [6, 6.07) is 20.1. The Kier molecular flexibility index (Phi) is 6.74. The molecule has 0 aromatic heterocycles. The first kappa shape index (κ1) is 22.1. The van der Waals surface area contributed by atoms with Crippen LogP contribution in [0.3, 0.4) is 0 Å². The van der Waals surface area contributed by atoms with Crippen molar-refractivity contribution in [1.29, 1.82) is 0 Å². The number of carbonyl (C=O) groups excluding carboxylic acids is 2. The molecule has 3 rings (SSSR count). The number of rotatable bonds is 6. The number of hydrogen-bond acceptors (Lipinski definition) is 2. The molecule has 160 valence electrons. The zero-order valence-corrected chi connectivity index (χ0v) is 16.7. The quantitative estimate of drug-likeness (QED) is 0.583. The predicted octanol–water partition coefficient (Wildman–Crippen LogP) is 4.99. The van der Waals surface area contributed by atoms with Crippen molar-refractivity contribution in [2.75, 3.05) is 5.32 Å². The zero-order chi connectivity index (χ0) is 22.4. The Morgan fingerprint density at radius 1 is 0.871 bits per heavy atom. The number of alkyl halides is 3. The van der Waals surface area contributed by atoms with Gasteiger partial charge < -0.3 is 10.6 Å². The van der Waals surface area contributed by atoms with E-state index in [1.807, 2.05) is 18.2 Å². The molecule has 2 amide bonds. The van der Waals surface area contributed by atoms with Gasteiger partial charge >= 0.3 is 6.18 Å². The third kappa shape index (κ3) is 5.72. The molecule has 0 spiro atoms. The van der Waals surface area contributed by atoms with Gasteiger partial charge in [-0.1, -0.05) is 54.6 Å². The second kappa shape index (κ2) is 9.47. The van der Waals surface area contributed by atoms with Crippen LogP contribution in [0.1, 0.15) is 27.0 Å². The monoisotopic (exact) mass is 426 g/mol. The molecule has 0 saturated carbocycles. The van der Waals surface area contributed by atoms with E-state index in [-0.39, 0.29) is 17.7 Å². The average Bonchev–Trinajstić information content (AvgIpc) is 2.75. The SMILES string of the molecule is Cc1c(NC(=O)C(Cc2ccccc2)NC(=O)c2ccccc2)cccc1C(F)(F)F. The highest BCUT2D eigenvalue weighted by Crippen LogP contribution is 2.34. The average molecular weight is 426 g/mol. The van der Waals surface area contributed by atoms with Crippen molar-refractivity contribution in [3.05, 3.63) is 101 Å². The van der Waals surface area contributed by atoms with E-state index in [4.69, 9.17) is 0 Å². The Morgan fingerprint density at radius 2 is 1.48 bits per heavy atom. The third-order valence-electron chi connectivity index (χ3n) is 4.84. The Hall–Kier alpha value is -3.61. The Balaban J connectivity index is 1.85. The van der Waals surface area contributed by atoms with E-state index < -0.39 is 29.6 Å². The maximum atomic E-state index is 13.2. The van der Waals surface area contributed by atoms with Crippen LogP contribution in [-0.4, -0.2) is 17.9 Å². The number of anilines is 1. The van der Waals surface area contributed by atoms with E-state index in [1.54, 1.807) is 42.5 Å². The van der Waals surface area contributed by atoms with Crippen LogP contribution in [0.25, 0.3) is 0 Å². The van der Waals surface area contributed by atoms with E-state index in [0.29, 0.717) is 5.56 Å². The van der Waals surface area contributed by atoms with Gasteiger partial charge in [0.1, 0.15) is 6.04 Å². The molecule has 0 aliphatic heterocycles. The summed E-state index contributed by atoms with van der Waals surface area (Å²) in [5.41, 5.74) is 0.321. The van der Waals surface area contributed by atoms with Crippen LogP contribution in [0, 0.1) is 6.92 Å². The normalized spacial score (nSPS) is 12.1. The van der Waals surface area contributed by atoms with Gasteiger partial charge in [0.25, 0.3) is 5.91 Å². The summed E-state index contributed by atoms with van der Waals surface area (Å²) in [6.45, 7) is 1.30. The minimum atomic E-state index is -4.53. The standard InChI is InChI=1S/C24H21F3N2O2/c1-16-19(24(25,26)27)13-8-14-20(16)28-23(31)21(15-17-9-4-2-5-10-17)29-22(30)18-11-6-3-7-12-18/h2-14,21H,15H2,1H3,(H,28,31)(H,29,30). The number of amides is 2. The Labute approximate surface area is 178 Å². The van der Waals surface area contributed by atoms with Crippen molar-refractivity contribution in [3.8, 4) is 0 Å². The lowest BCUT2D eigenvalue weighted by atomic mass is 10.0. The molecule has 0 radical (unpaired) electrons. The minimum absolute atomic E-state index is 0.0480. The molecular weight excluding hydrogens is 405 g/mol. The summed E-state index contributed by atoms with van der Waals surface area (Å²) in [5.74, 6) is -1.05. The molecule has 2 N–H and O–H groups in total. The highest BCUT2D eigenvalue weighted by molar-refractivity contribution is 6.01.